The summed E-state index contributed by atoms with van der Waals surface area (Å²) in [6.45, 7) is 1.84. The molecule has 4 heterocycles. The van der Waals surface area contributed by atoms with E-state index in [1.54, 1.807) is 15.9 Å². The van der Waals surface area contributed by atoms with Crippen molar-refractivity contribution in [2.24, 2.45) is 0 Å². The van der Waals surface area contributed by atoms with Gasteiger partial charge in [-0.2, -0.15) is 9.61 Å². The summed E-state index contributed by atoms with van der Waals surface area (Å²) in [6, 6.07) is 7.60. The molecule has 25 heavy (non-hydrogen) atoms. The molecule has 11 heteroatoms. The average molecular weight is 389 g/mol. The maximum atomic E-state index is 12.0. The van der Waals surface area contributed by atoms with Crippen LogP contribution in [0, 0.1) is 6.92 Å². The number of carbonyl (C=O) groups excluding carboxylic acids is 1. The van der Waals surface area contributed by atoms with Crippen LogP contribution in [0.1, 0.15) is 5.01 Å². The van der Waals surface area contributed by atoms with Gasteiger partial charge in [0.2, 0.25) is 11.0 Å². The number of amides is 1. The number of thiophene rings is 1. The molecule has 1 amide bonds. The van der Waals surface area contributed by atoms with E-state index < -0.39 is 0 Å². The van der Waals surface area contributed by atoms with E-state index in [1.807, 2.05) is 36.6 Å². The molecular formula is C14H11N7OS3. The van der Waals surface area contributed by atoms with Crippen molar-refractivity contribution in [3.63, 3.8) is 0 Å². The van der Waals surface area contributed by atoms with Gasteiger partial charge in [0.25, 0.3) is 0 Å². The molecule has 126 valence electrons. The van der Waals surface area contributed by atoms with E-state index >= 15 is 0 Å². The van der Waals surface area contributed by atoms with E-state index in [2.05, 4.69) is 30.8 Å². The minimum absolute atomic E-state index is 0.148. The zero-order chi connectivity index (χ0) is 17.2. The molecule has 0 saturated carbocycles. The maximum absolute atomic E-state index is 12.0. The summed E-state index contributed by atoms with van der Waals surface area (Å²) in [5.41, 5.74) is 0.668. The van der Waals surface area contributed by atoms with Crippen LogP contribution in [-0.4, -0.2) is 41.7 Å². The van der Waals surface area contributed by atoms with Gasteiger partial charge in [-0.05, 0) is 30.5 Å². The van der Waals surface area contributed by atoms with Gasteiger partial charge in [0.05, 0.1) is 10.6 Å². The molecule has 8 nitrogen and oxygen atoms in total. The van der Waals surface area contributed by atoms with Crippen molar-refractivity contribution in [2.45, 2.75) is 11.9 Å². The normalized spacial score (nSPS) is 11.1. The molecule has 0 aliphatic carbocycles. The zero-order valence-electron chi connectivity index (χ0n) is 12.9. The maximum Gasteiger partial charge on any atom is 0.236 e. The first-order valence-electron chi connectivity index (χ1n) is 7.18. The fourth-order valence-electron chi connectivity index (χ4n) is 2.05. The molecule has 1 N–H and O–H groups in total. The largest absolute Gasteiger partial charge is 0.300 e. The number of thioether (sulfide) groups is 1. The van der Waals surface area contributed by atoms with Crippen LogP contribution in [0.3, 0.4) is 0 Å². The van der Waals surface area contributed by atoms with Crippen molar-refractivity contribution in [1.82, 2.24) is 30.0 Å². The number of aromatic nitrogens is 6. The molecule has 4 aromatic rings. The van der Waals surface area contributed by atoms with Gasteiger partial charge in [-0.25, -0.2) is 0 Å². The number of anilines is 1. The van der Waals surface area contributed by atoms with E-state index in [4.69, 9.17) is 0 Å². The Balaban J connectivity index is 1.48. The van der Waals surface area contributed by atoms with Crippen LogP contribution in [0.5, 0.6) is 0 Å². The molecule has 0 fully saturated rings. The van der Waals surface area contributed by atoms with E-state index in [-0.39, 0.29) is 11.7 Å². The number of hydrogen-bond acceptors (Lipinski definition) is 9. The van der Waals surface area contributed by atoms with Gasteiger partial charge in [0.1, 0.15) is 10.0 Å². The molecule has 0 radical (unpaired) electrons. The van der Waals surface area contributed by atoms with Crippen LogP contribution in [-0.2, 0) is 4.79 Å². The molecule has 0 spiro atoms. The van der Waals surface area contributed by atoms with E-state index in [0.717, 1.165) is 9.88 Å². The lowest BCUT2D eigenvalue weighted by Gasteiger charge is -2.02. The van der Waals surface area contributed by atoms with Gasteiger partial charge < -0.3 is 0 Å². The third-order valence-electron chi connectivity index (χ3n) is 3.10. The Bertz CT molecular complexity index is 1020. The van der Waals surface area contributed by atoms with Crippen LogP contribution in [0.4, 0.5) is 5.13 Å². The molecular weight excluding hydrogens is 378 g/mol. The third-order valence-corrected chi connectivity index (χ3v) is 5.64. The van der Waals surface area contributed by atoms with E-state index in [9.17, 15) is 4.79 Å². The number of rotatable bonds is 5. The number of nitrogens with zero attached hydrogens (tertiary/aromatic N) is 6. The number of hydrogen-bond donors (Lipinski definition) is 1. The lowest BCUT2D eigenvalue weighted by Crippen LogP contribution is -2.14. The summed E-state index contributed by atoms with van der Waals surface area (Å²) in [5.74, 6) is 0.777. The molecule has 0 aliphatic heterocycles. The lowest BCUT2D eigenvalue weighted by molar-refractivity contribution is -0.113. The minimum atomic E-state index is -0.148. The highest BCUT2D eigenvalue weighted by molar-refractivity contribution is 7.99. The molecule has 0 atom stereocenters. The minimum Gasteiger partial charge on any atom is -0.300 e. The van der Waals surface area contributed by atoms with Crippen LogP contribution in [0.2, 0.25) is 0 Å². The van der Waals surface area contributed by atoms with Crippen molar-refractivity contribution < 1.29 is 4.79 Å². The Kier molecular flexibility index (Phi) is 4.42. The molecule has 4 rings (SSSR count). The summed E-state index contributed by atoms with van der Waals surface area (Å²) in [7, 11) is 0. The highest BCUT2D eigenvalue weighted by atomic mass is 32.2. The second-order valence-electron chi connectivity index (χ2n) is 4.91. The fraction of sp³-hybridized carbons (Fsp3) is 0.143. The van der Waals surface area contributed by atoms with Crippen molar-refractivity contribution in [2.75, 3.05) is 11.1 Å². The SMILES string of the molecule is Cc1nnc(NC(=O)CSc2ccc3nnc(-c4cccs4)n3n2)s1. The van der Waals surface area contributed by atoms with Gasteiger partial charge in [-0.3, -0.25) is 10.1 Å². The predicted octanol–water partition coefficient (Wildman–Crippen LogP) is 2.74. The number of nitrogens with one attached hydrogen (secondary N) is 1. The zero-order valence-corrected chi connectivity index (χ0v) is 15.4. The Morgan fingerprint density at radius 2 is 2.16 bits per heavy atom. The van der Waals surface area contributed by atoms with Gasteiger partial charge in [0.15, 0.2) is 11.5 Å². The molecule has 4 aromatic heterocycles. The van der Waals surface area contributed by atoms with Crippen LogP contribution < -0.4 is 5.32 Å². The Hall–Kier alpha value is -2.37. The first-order valence-corrected chi connectivity index (χ1v) is 9.86. The lowest BCUT2D eigenvalue weighted by atomic mass is 10.4. The highest BCUT2D eigenvalue weighted by Gasteiger charge is 2.12. The number of fused-ring (bicyclic) bond motifs is 1. The van der Waals surface area contributed by atoms with Crippen LogP contribution in [0.25, 0.3) is 16.3 Å². The summed E-state index contributed by atoms with van der Waals surface area (Å²) >= 11 is 4.26. The van der Waals surface area contributed by atoms with Crippen molar-refractivity contribution in [3.05, 3.63) is 34.7 Å². The smallest absolute Gasteiger partial charge is 0.236 e. The highest BCUT2D eigenvalue weighted by Crippen LogP contribution is 2.24. The molecule has 0 unspecified atom stereocenters. The van der Waals surface area contributed by atoms with Crippen LogP contribution in [0.15, 0.2) is 34.7 Å². The monoisotopic (exact) mass is 389 g/mol. The molecule has 0 saturated heterocycles. The molecule has 0 aromatic carbocycles. The van der Waals surface area contributed by atoms with Gasteiger partial charge >= 0.3 is 0 Å². The molecule has 0 bridgehead atoms. The molecule has 0 aliphatic rings. The quantitative estimate of drug-likeness (QED) is 0.524. The number of aryl methyl sites for hydroxylation is 1. The second-order valence-corrected chi connectivity index (χ2v) is 8.03. The van der Waals surface area contributed by atoms with E-state index in [1.165, 1.54) is 23.1 Å². The first kappa shape index (κ1) is 16.1. The number of carbonyl (C=O) groups is 1. The van der Waals surface area contributed by atoms with Gasteiger partial charge in [-0.1, -0.05) is 29.2 Å². The summed E-state index contributed by atoms with van der Waals surface area (Å²) in [4.78, 5) is 13.0. The first-order chi connectivity index (χ1) is 12.2. The topological polar surface area (TPSA) is 98.0 Å². The Morgan fingerprint density at radius 1 is 1.24 bits per heavy atom. The van der Waals surface area contributed by atoms with Crippen molar-refractivity contribution in [1.29, 1.82) is 0 Å². The Morgan fingerprint density at radius 3 is 2.92 bits per heavy atom. The third kappa shape index (κ3) is 3.52. The van der Waals surface area contributed by atoms with Crippen molar-refractivity contribution in [3.8, 4) is 10.7 Å². The van der Waals surface area contributed by atoms with E-state index in [0.29, 0.717) is 21.6 Å². The van der Waals surface area contributed by atoms with Crippen molar-refractivity contribution >= 4 is 51.1 Å². The average Bonchev–Trinajstić information content (AvgIpc) is 3.33. The predicted molar refractivity (Wildman–Crippen MR) is 98.1 cm³/mol. The fourth-order valence-corrected chi connectivity index (χ4v) is 4.01. The van der Waals surface area contributed by atoms with Crippen LogP contribution >= 0.6 is 34.4 Å². The van der Waals surface area contributed by atoms with Gasteiger partial charge in [0, 0.05) is 0 Å². The standard InChI is InChI=1S/C14H11N7OS3/c1-8-16-19-14(25-8)15-11(22)7-24-12-5-4-10-17-18-13(21(10)20-12)9-3-2-6-23-9/h2-6H,7H2,1H3,(H,15,19,22). The summed E-state index contributed by atoms with van der Waals surface area (Å²) in [6.07, 6.45) is 0. The Labute approximate surface area is 154 Å². The summed E-state index contributed by atoms with van der Waals surface area (Å²) in [5, 5.41) is 27.3. The summed E-state index contributed by atoms with van der Waals surface area (Å²) < 4.78 is 1.69. The van der Waals surface area contributed by atoms with Gasteiger partial charge in [-0.15, -0.1) is 31.7 Å². The second kappa shape index (κ2) is 6.86.